The summed E-state index contributed by atoms with van der Waals surface area (Å²) >= 11 is 9.03. The van der Waals surface area contributed by atoms with E-state index in [1.165, 1.54) is 55.1 Å². The highest BCUT2D eigenvalue weighted by atomic mass is 32.2. The molecule has 2 saturated heterocycles. The van der Waals surface area contributed by atoms with Gasteiger partial charge in [0.2, 0.25) is 0 Å². The number of hydrogen-bond donors (Lipinski definition) is 0. The number of rotatable bonds is 0. The third-order valence-corrected chi connectivity index (χ3v) is 12.8. The Morgan fingerprint density at radius 3 is 2.32 bits per heavy atom. The van der Waals surface area contributed by atoms with Crippen LogP contribution in [0.3, 0.4) is 0 Å². The van der Waals surface area contributed by atoms with Crippen LogP contribution in [0.4, 0.5) is 0 Å². The van der Waals surface area contributed by atoms with E-state index in [1.54, 1.807) is 0 Å². The molecule has 0 radical (unpaired) electrons. The van der Waals surface area contributed by atoms with Gasteiger partial charge in [0, 0.05) is 28.4 Å². The topological polar surface area (TPSA) is 0 Å². The van der Waals surface area contributed by atoms with Crippen LogP contribution in [0.15, 0.2) is 11.6 Å². The fraction of sp³-hybridized carbons (Fsp3) is 0.867. The van der Waals surface area contributed by atoms with Gasteiger partial charge in [0.15, 0.2) is 0 Å². The van der Waals surface area contributed by atoms with Crippen LogP contribution in [-0.4, -0.2) is 31.2 Å². The fourth-order valence-corrected chi connectivity index (χ4v) is 11.2. The van der Waals surface area contributed by atoms with Crippen molar-refractivity contribution in [1.29, 1.82) is 0 Å². The van der Waals surface area contributed by atoms with Crippen LogP contribution in [0.2, 0.25) is 0 Å². The molecule has 1 unspecified atom stereocenters. The number of thioether (sulfide) groups is 4. The monoisotopic (exact) mass is 330 g/mol. The Bertz CT molecular complexity index is 404. The Morgan fingerprint density at radius 2 is 1.58 bits per heavy atom. The third-order valence-electron chi connectivity index (χ3n) is 5.40. The summed E-state index contributed by atoms with van der Waals surface area (Å²) in [6.07, 6.45) is 9.82. The molecule has 2 spiro atoms. The van der Waals surface area contributed by atoms with Crippen molar-refractivity contribution in [2.45, 2.75) is 47.2 Å². The molecule has 0 amide bonds. The lowest BCUT2D eigenvalue weighted by Gasteiger charge is -2.54. The van der Waals surface area contributed by atoms with E-state index in [0.29, 0.717) is 13.6 Å². The van der Waals surface area contributed by atoms with E-state index in [1.807, 2.05) is 5.57 Å². The largest absolute Gasteiger partial charge is 0.142 e. The maximum absolute atomic E-state index is 2.74. The molecule has 4 rings (SSSR count). The van der Waals surface area contributed by atoms with Gasteiger partial charge < -0.3 is 0 Å². The minimum atomic E-state index is 0.474. The molecule has 0 nitrogen and oxygen atoms in total. The van der Waals surface area contributed by atoms with Gasteiger partial charge in [-0.3, -0.25) is 0 Å². The second-order valence-corrected chi connectivity index (χ2v) is 12.5. The molecule has 0 bridgehead atoms. The summed E-state index contributed by atoms with van der Waals surface area (Å²) in [5, 5.41) is 0. The molecule has 1 saturated carbocycles. The second kappa shape index (κ2) is 4.82. The lowest BCUT2D eigenvalue weighted by Crippen LogP contribution is -2.47. The van der Waals surface area contributed by atoms with Gasteiger partial charge in [-0.05, 0) is 32.1 Å². The average molecular weight is 331 g/mol. The van der Waals surface area contributed by atoms with Crippen LogP contribution in [0.5, 0.6) is 0 Å². The van der Waals surface area contributed by atoms with Gasteiger partial charge in [0.1, 0.15) is 0 Å². The van der Waals surface area contributed by atoms with Crippen LogP contribution >= 0.6 is 47.0 Å². The van der Waals surface area contributed by atoms with Crippen molar-refractivity contribution in [1.82, 2.24) is 0 Å². The van der Waals surface area contributed by atoms with Crippen molar-refractivity contribution in [2.24, 2.45) is 5.41 Å². The number of allylic oxidation sites excluding steroid dienone is 1. The lowest BCUT2D eigenvalue weighted by atomic mass is 9.65. The van der Waals surface area contributed by atoms with Crippen LogP contribution in [0, 0.1) is 5.41 Å². The van der Waals surface area contributed by atoms with Crippen LogP contribution < -0.4 is 0 Å². The molecule has 4 aliphatic rings. The van der Waals surface area contributed by atoms with Crippen LogP contribution in [-0.2, 0) is 0 Å². The Balaban J connectivity index is 1.73. The zero-order valence-corrected chi connectivity index (χ0v) is 14.8. The van der Waals surface area contributed by atoms with Gasteiger partial charge in [-0.1, -0.05) is 18.6 Å². The maximum Gasteiger partial charge on any atom is 0.0795 e. The zero-order valence-electron chi connectivity index (χ0n) is 11.6. The van der Waals surface area contributed by atoms with Crippen LogP contribution in [0.1, 0.15) is 39.0 Å². The number of fused-ring (bicyclic) bond motifs is 2. The normalized spacial score (nSPS) is 39.5. The zero-order chi connectivity index (χ0) is 13.0. The van der Waals surface area contributed by atoms with E-state index < -0.39 is 0 Å². The first-order valence-corrected chi connectivity index (χ1v) is 11.4. The highest BCUT2D eigenvalue weighted by molar-refractivity contribution is 8.22. The molecule has 19 heavy (non-hydrogen) atoms. The first-order valence-electron chi connectivity index (χ1n) is 7.46. The average Bonchev–Trinajstić information content (AvgIpc) is 3.04. The van der Waals surface area contributed by atoms with Crippen molar-refractivity contribution in [2.75, 3.05) is 23.0 Å². The first kappa shape index (κ1) is 13.8. The summed E-state index contributed by atoms with van der Waals surface area (Å²) in [4.78, 5) is 0. The predicted molar refractivity (Wildman–Crippen MR) is 94.6 cm³/mol. The maximum atomic E-state index is 2.74. The summed E-state index contributed by atoms with van der Waals surface area (Å²) in [6.45, 7) is 2.60. The standard InChI is InChI=1S/C15H22S4/c1-13-5-6-14(16-7-8-17-14)11-12(13)3-2-4-15(13)18-9-10-19-15/h11H,2-10H2,1H3. The van der Waals surface area contributed by atoms with Crippen molar-refractivity contribution in [3.8, 4) is 0 Å². The summed E-state index contributed by atoms with van der Waals surface area (Å²) in [7, 11) is 0. The van der Waals surface area contributed by atoms with Crippen LogP contribution in [0.25, 0.3) is 0 Å². The fourth-order valence-electron chi connectivity index (χ4n) is 4.27. The van der Waals surface area contributed by atoms with Crippen molar-refractivity contribution in [3.05, 3.63) is 11.6 Å². The third kappa shape index (κ3) is 1.99. The molecule has 106 valence electrons. The van der Waals surface area contributed by atoms with E-state index in [4.69, 9.17) is 0 Å². The Labute approximate surface area is 134 Å². The molecule has 0 aromatic rings. The Morgan fingerprint density at radius 1 is 0.895 bits per heavy atom. The lowest BCUT2D eigenvalue weighted by molar-refractivity contribution is 0.253. The molecule has 3 fully saturated rings. The van der Waals surface area contributed by atoms with E-state index in [0.717, 1.165) is 0 Å². The molecule has 0 N–H and O–H groups in total. The second-order valence-electron chi connectivity index (χ2n) is 6.31. The molecule has 0 aromatic heterocycles. The van der Waals surface area contributed by atoms with Crippen molar-refractivity contribution < 1.29 is 0 Å². The van der Waals surface area contributed by atoms with Gasteiger partial charge in [-0.25, -0.2) is 0 Å². The molecule has 4 heteroatoms. The SMILES string of the molecule is CC12CCC3(C=C1CCCC21SCCS1)SCCS3. The predicted octanol–water partition coefficient (Wildman–Crippen LogP) is 5.25. The molecule has 2 aliphatic heterocycles. The summed E-state index contributed by atoms with van der Waals surface area (Å²) < 4.78 is 1.01. The highest BCUT2D eigenvalue weighted by Crippen LogP contribution is 2.68. The van der Waals surface area contributed by atoms with E-state index in [2.05, 4.69) is 60.0 Å². The molecule has 1 atom stereocenters. The van der Waals surface area contributed by atoms with Crippen molar-refractivity contribution >= 4 is 47.0 Å². The summed E-state index contributed by atoms with van der Waals surface area (Å²) in [5.41, 5.74) is 2.32. The molecular weight excluding hydrogens is 308 g/mol. The van der Waals surface area contributed by atoms with Gasteiger partial charge in [-0.2, -0.15) is 0 Å². The van der Waals surface area contributed by atoms with Gasteiger partial charge >= 0.3 is 0 Å². The van der Waals surface area contributed by atoms with Crippen molar-refractivity contribution in [3.63, 3.8) is 0 Å². The minimum absolute atomic E-state index is 0.474. The summed E-state index contributed by atoms with van der Waals surface area (Å²) in [6, 6.07) is 0. The Kier molecular flexibility index (Phi) is 3.50. The molecule has 2 heterocycles. The smallest absolute Gasteiger partial charge is 0.0795 e. The quantitative estimate of drug-likeness (QED) is 0.556. The van der Waals surface area contributed by atoms with Gasteiger partial charge in [0.05, 0.1) is 8.16 Å². The Hall–Kier alpha value is 1.14. The molecule has 0 aromatic carbocycles. The first-order chi connectivity index (χ1) is 9.18. The van der Waals surface area contributed by atoms with E-state index in [9.17, 15) is 0 Å². The number of hydrogen-bond acceptors (Lipinski definition) is 4. The van der Waals surface area contributed by atoms with E-state index >= 15 is 0 Å². The van der Waals surface area contributed by atoms with E-state index in [-0.39, 0.29) is 0 Å². The molecular formula is C15H22S4. The van der Waals surface area contributed by atoms with Gasteiger partial charge in [-0.15, -0.1) is 47.0 Å². The highest BCUT2D eigenvalue weighted by Gasteiger charge is 2.57. The minimum Gasteiger partial charge on any atom is -0.142 e. The van der Waals surface area contributed by atoms with Gasteiger partial charge in [0.25, 0.3) is 0 Å². The molecule has 2 aliphatic carbocycles. The summed E-state index contributed by atoms with van der Waals surface area (Å²) in [5.74, 6) is 5.48.